The maximum atomic E-state index is 12.2. The number of carbonyl (C=O) groups excluding carboxylic acids is 1. The minimum Gasteiger partial charge on any atom is -0.480 e. The first kappa shape index (κ1) is 31.9. The van der Waals surface area contributed by atoms with Gasteiger partial charge < -0.3 is 20.3 Å². The third kappa shape index (κ3) is 7.67. The molecule has 0 bridgehead atoms. The van der Waals surface area contributed by atoms with Gasteiger partial charge in [0.25, 0.3) is 0 Å². The number of methoxy groups -OCH3 is 1. The Balaban J connectivity index is 0.00000342. The van der Waals surface area contributed by atoms with Crippen molar-refractivity contribution < 1.29 is 24.2 Å². The molecule has 3 N–H and O–H groups in total. The molecule has 2 aromatic heterocycles. The molecule has 0 saturated heterocycles. The molecular formula is C26H34Cl2N4O5. The monoisotopic (exact) mass is 552 g/mol. The number of halogens is 2. The molecule has 0 aliphatic carbocycles. The zero-order chi connectivity index (χ0) is 25.7. The van der Waals surface area contributed by atoms with Crippen LogP contribution < -0.4 is 10.5 Å². The van der Waals surface area contributed by atoms with E-state index in [1.807, 2.05) is 38.1 Å². The van der Waals surface area contributed by atoms with Gasteiger partial charge in [0.1, 0.15) is 18.7 Å². The first-order valence-electron chi connectivity index (χ1n) is 11.4. The van der Waals surface area contributed by atoms with Crippen LogP contribution in [0.3, 0.4) is 0 Å². The third-order valence-electron chi connectivity index (χ3n) is 5.62. The first-order chi connectivity index (χ1) is 16.6. The topological polar surface area (TPSA) is 130 Å². The first-order valence-corrected chi connectivity index (χ1v) is 11.4. The van der Waals surface area contributed by atoms with Gasteiger partial charge in [0, 0.05) is 29.7 Å². The van der Waals surface area contributed by atoms with Crippen LogP contribution in [0.5, 0.6) is 5.88 Å². The number of carboxylic acids is 1. The highest BCUT2D eigenvalue weighted by Crippen LogP contribution is 2.33. The van der Waals surface area contributed by atoms with Crippen LogP contribution in [0.25, 0.3) is 11.1 Å². The molecule has 0 aliphatic heterocycles. The molecule has 37 heavy (non-hydrogen) atoms. The Labute approximate surface area is 229 Å². The van der Waals surface area contributed by atoms with Crippen LogP contribution in [0, 0.1) is 19.8 Å². The number of ether oxygens (including phenoxy) is 2. The molecule has 2 heterocycles. The number of esters is 1. The number of benzene rings is 1. The van der Waals surface area contributed by atoms with Crippen LogP contribution in [0.15, 0.2) is 30.5 Å². The summed E-state index contributed by atoms with van der Waals surface area (Å²) in [4.78, 5) is 28.2. The zero-order valence-electron chi connectivity index (χ0n) is 21.6. The van der Waals surface area contributed by atoms with Crippen molar-refractivity contribution >= 4 is 36.8 Å². The van der Waals surface area contributed by atoms with Crippen molar-refractivity contribution in [2.75, 3.05) is 7.11 Å². The number of nitrogens with zero attached hydrogens (tertiary/aromatic N) is 3. The lowest BCUT2D eigenvalue weighted by Crippen LogP contribution is -2.15. The predicted molar refractivity (Wildman–Crippen MR) is 146 cm³/mol. The molecule has 0 radical (unpaired) electrons. The molecule has 0 amide bonds. The average Bonchev–Trinajstić information content (AvgIpc) is 3.19. The molecule has 0 unspecified atom stereocenters. The van der Waals surface area contributed by atoms with Crippen LogP contribution in [-0.4, -0.2) is 38.9 Å². The number of pyridine rings is 1. The third-order valence-corrected chi connectivity index (χ3v) is 5.62. The summed E-state index contributed by atoms with van der Waals surface area (Å²) < 4.78 is 11.9. The molecule has 0 atom stereocenters. The second-order valence-electron chi connectivity index (χ2n) is 8.86. The Morgan fingerprint density at radius 3 is 2.30 bits per heavy atom. The van der Waals surface area contributed by atoms with Gasteiger partial charge in [-0.1, -0.05) is 43.7 Å². The number of hydrogen-bond acceptors (Lipinski definition) is 7. The summed E-state index contributed by atoms with van der Waals surface area (Å²) in [6.07, 6.45) is 2.10. The number of rotatable bonds is 10. The molecular weight excluding hydrogens is 519 g/mol. The Hall–Kier alpha value is -3.14. The number of carbonyl (C=O) groups is 2. The van der Waals surface area contributed by atoms with Gasteiger partial charge in [-0.05, 0) is 42.9 Å². The number of aliphatic carboxylic acids is 1. The summed E-state index contributed by atoms with van der Waals surface area (Å²) in [7, 11) is 1.24. The number of aromatic nitrogens is 3. The molecule has 0 saturated carbocycles. The van der Waals surface area contributed by atoms with E-state index in [-0.39, 0.29) is 42.9 Å². The minimum atomic E-state index is -1.09. The van der Waals surface area contributed by atoms with E-state index in [9.17, 15) is 9.59 Å². The summed E-state index contributed by atoms with van der Waals surface area (Å²) in [5.41, 5.74) is 12.9. The highest BCUT2D eigenvalue weighted by molar-refractivity contribution is 5.91. The standard InChI is InChI=1S/C26H32N4O5.2ClH/c1-15(2)10-22-19(11-27)24(18-8-6-16(3)7-9-18)21(17(4)28-22)14-35-25-20(26(33)34-5)12-30(29-25)13-23(31)32;;/h6-9,12,15H,10-11,13-14,27H2,1-5H3,(H,31,32);2*1H. The van der Waals surface area contributed by atoms with Gasteiger partial charge in [0.2, 0.25) is 5.88 Å². The molecule has 202 valence electrons. The van der Waals surface area contributed by atoms with Gasteiger partial charge in [0.15, 0.2) is 0 Å². The molecule has 3 aromatic rings. The lowest BCUT2D eigenvalue weighted by molar-refractivity contribution is -0.137. The second kappa shape index (κ2) is 14.0. The smallest absolute Gasteiger partial charge is 0.345 e. The van der Waals surface area contributed by atoms with Gasteiger partial charge in [-0.15, -0.1) is 29.9 Å². The molecule has 9 nitrogen and oxygen atoms in total. The Morgan fingerprint density at radius 1 is 1.11 bits per heavy atom. The van der Waals surface area contributed by atoms with E-state index in [1.54, 1.807) is 0 Å². The molecule has 0 fully saturated rings. The lowest BCUT2D eigenvalue weighted by Gasteiger charge is -2.21. The van der Waals surface area contributed by atoms with Gasteiger partial charge in [-0.3, -0.25) is 14.5 Å². The SMILES string of the molecule is COC(=O)c1cn(CC(=O)O)nc1OCc1c(C)nc(CC(C)C)c(CN)c1-c1ccc(C)cc1.Cl.Cl. The largest absolute Gasteiger partial charge is 0.480 e. The summed E-state index contributed by atoms with van der Waals surface area (Å²) in [6.45, 7) is 8.19. The summed E-state index contributed by atoms with van der Waals surface area (Å²) >= 11 is 0. The molecule has 3 rings (SSSR count). The van der Waals surface area contributed by atoms with Crippen molar-refractivity contribution in [3.63, 3.8) is 0 Å². The normalized spacial score (nSPS) is 10.5. The maximum absolute atomic E-state index is 12.2. The molecule has 0 spiro atoms. The van der Waals surface area contributed by atoms with Gasteiger partial charge >= 0.3 is 11.9 Å². The predicted octanol–water partition coefficient (Wildman–Crippen LogP) is 4.51. The van der Waals surface area contributed by atoms with Crippen LogP contribution >= 0.6 is 24.8 Å². The Bertz CT molecular complexity index is 1230. The zero-order valence-corrected chi connectivity index (χ0v) is 23.2. The molecule has 1 aromatic carbocycles. The second-order valence-corrected chi connectivity index (χ2v) is 8.86. The van der Waals surface area contributed by atoms with Gasteiger partial charge in [0.05, 0.1) is 7.11 Å². The fraction of sp³-hybridized carbons (Fsp3) is 0.385. The summed E-state index contributed by atoms with van der Waals surface area (Å²) in [5.74, 6) is -1.36. The van der Waals surface area contributed by atoms with Crippen molar-refractivity contribution in [3.8, 4) is 17.0 Å². The van der Waals surface area contributed by atoms with Crippen molar-refractivity contribution in [3.05, 3.63) is 64.1 Å². The van der Waals surface area contributed by atoms with Crippen LogP contribution in [0.4, 0.5) is 0 Å². The Morgan fingerprint density at radius 2 is 1.76 bits per heavy atom. The van der Waals surface area contributed by atoms with E-state index < -0.39 is 18.5 Å². The number of hydrogen-bond donors (Lipinski definition) is 2. The average molecular weight is 553 g/mol. The summed E-state index contributed by atoms with van der Waals surface area (Å²) in [6, 6.07) is 8.18. The fourth-order valence-corrected chi connectivity index (χ4v) is 3.99. The van der Waals surface area contributed by atoms with Crippen LogP contribution in [-0.2, 0) is 35.6 Å². The minimum absolute atomic E-state index is 0. The van der Waals surface area contributed by atoms with Crippen molar-refractivity contribution in [2.45, 2.75) is 53.8 Å². The van der Waals surface area contributed by atoms with Gasteiger partial charge in [-0.2, -0.15) is 0 Å². The van der Waals surface area contributed by atoms with E-state index in [4.69, 9.17) is 25.3 Å². The van der Waals surface area contributed by atoms with Crippen molar-refractivity contribution in [1.82, 2.24) is 14.8 Å². The number of aryl methyl sites for hydroxylation is 2. The van der Waals surface area contributed by atoms with E-state index in [0.29, 0.717) is 12.5 Å². The molecule has 11 heteroatoms. The van der Waals surface area contributed by atoms with Crippen molar-refractivity contribution in [2.24, 2.45) is 11.7 Å². The number of carboxylic acid groups (broad SMARTS) is 1. The van der Waals surface area contributed by atoms with Crippen LogP contribution in [0.1, 0.15) is 52.3 Å². The fourth-order valence-electron chi connectivity index (χ4n) is 3.99. The highest BCUT2D eigenvalue weighted by Gasteiger charge is 2.23. The van der Waals surface area contributed by atoms with E-state index in [0.717, 1.165) is 50.3 Å². The highest BCUT2D eigenvalue weighted by atomic mass is 35.5. The number of nitrogens with two attached hydrogens (primary N) is 1. The van der Waals surface area contributed by atoms with E-state index >= 15 is 0 Å². The van der Waals surface area contributed by atoms with Crippen LogP contribution in [0.2, 0.25) is 0 Å². The molecule has 0 aliphatic rings. The van der Waals surface area contributed by atoms with E-state index in [1.165, 1.54) is 13.3 Å². The Kier molecular flexibility index (Phi) is 12.0. The van der Waals surface area contributed by atoms with E-state index in [2.05, 4.69) is 18.9 Å². The van der Waals surface area contributed by atoms with Crippen molar-refractivity contribution in [1.29, 1.82) is 0 Å². The summed E-state index contributed by atoms with van der Waals surface area (Å²) in [5, 5.41) is 13.2. The van der Waals surface area contributed by atoms with Gasteiger partial charge in [-0.25, -0.2) is 4.79 Å². The quantitative estimate of drug-likeness (QED) is 0.351. The lowest BCUT2D eigenvalue weighted by atomic mass is 9.90. The maximum Gasteiger partial charge on any atom is 0.345 e.